The Morgan fingerprint density at radius 2 is 2.45 bits per heavy atom. The van der Waals surface area contributed by atoms with Gasteiger partial charge in [-0.05, 0) is 34.6 Å². The summed E-state index contributed by atoms with van der Waals surface area (Å²) in [5.74, 6) is 2.54. The lowest BCUT2D eigenvalue weighted by molar-refractivity contribution is -0.137. The molecule has 3 nitrogen and oxygen atoms in total. The predicted octanol–water partition coefficient (Wildman–Crippen LogP) is 4.45. The summed E-state index contributed by atoms with van der Waals surface area (Å²) in [6.45, 7) is 3.80. The number of hydrogen-bond acceptors (Lipinski definition) is 6. The Hall–Kier alpha value is -0.720. The van der Waals surface area contributed by atoms with E-state index in [-0.39, 0.29) is 5.97 Å². The van der Waals surface area contributed by atoms with Crippen molar-refractivity contribution in [3.63, 3.8) is 0 Å². The number of rotatable bonds is 8. The van der Waals surface area contributed by atoms with E-state index in [4.69, 9.17) is 9.15 Å². The van der Waals surface area contributed by atoms with E-state index in [2.05, 4.69) is 12.0 Å². The Bertz CT molecular complexity index is 468. The second-order valence-corrected chi connectivity index (χ2v) is 7.65. The van der Waals surface area contributed by atoms with Crippen molar-refractivity contribution in [2.24, 2.45) is 0 Å². The molecule has 1 aliphatic heterocycles. The molecule has 6 heteroatoms. The molecule has 108 valence electrons. The van der Waals surface area contributed by atoms with Gasteiger partial charge in [0.15, 0.2) is 0 Å². The first-order valence-electron chi connectivity index (χ1n) is 6.21. The highest BCUT2D eigenvalue weighted by Gasteiger charge is 2.22. The van der Waals surface area contributed by atoms with Gasteiger partial charge in [-0.25, -0.2) is 4.79 Å². The first kappa shape index (κ1) is 15.7. The predicted molar refractivity (Wildman–Crippen MR) is 87.8 cm³/mol. The van der Waals surface area contributed by atoms with Gasteiger partial charge in [-0.1, -0.05) is 6.58 Å². The zero-order valence-electron chi connectivity index (χ0n) is 10.9. The van der Waals surface area contributed by atoms with Crippen LogP contribution in [0.15, 0.2) is 45.8 Å². The zero-order valence-corrected chi connectivity index (χ0v) is 13.4. The van der Waals surface area contributed by atoms with Crippen molar-refractivity contribution in [3.8, 4) is 0 Å². The number of allylic oxidation sites excluding steroid dienone is 1. The molecule has 1 aromatic heterocycles. The van der Waals surface area contributed by atoms with Gasteiger partial charge in [-0.2, -0.15) is 11.8 Å². The van der Waals surface area contributed by atoms with Crippen molar-refractivity contribution in [1.29, 1.82) is 0 Å². The zero-order chi connectivity index (χ0) is 14.2. The first-order valence-corrected chi connectivity index (χ1v) is 9.19. The number of carbonyl (C=O) groups is 1. The fourth-order valence-electron chi connectivity index (χ4n) is 1.53. The van der Waals surface area contributed by atoms with E-state index >= 15 is 0 Å². The first-order chi connectivity index (χ1) is 9.79. The second kappa shape index (κ2) is 8.54. The van der Waals surface area contributed by atoms with Crippen LogP contribution in [0.4, 0.5) is 0 Å². The highest BCUT2D eigenvalue weighted by molar-refractivity contribution is 8.22. The summed E-state index contributed by atoms with van der Waals surface area (Å²) >= 11 is 5.45. The van der Waals surface area contributed by atoms with E-state index in [0.717, 1.165) is 23.7 Å². The molecule has 0 saturated heterocycles. The molecule has 0 saturated carbocycles. The third-order valence-electron chi connectivity index (χ3n) is 2.49. The Labute approximate surface area is 131 Å². The molecule has 2 heterocycles. The number of ether oxygens (including phenoxy) is 1. The maximum atomic E-state index is 10.8. The minimum absolute atomic E-state index is 0.350. The summed E-state index contributed by atoms with van der Waals surface area (Å²) in [5, 5.41) is 2.22. The Kier molecular flexibility index (Phi) is 6.69. The van der Waals surface area contributed by atoms with Crippen LogP contribution in [0.5, 0.6) is 0 Å². The van der Waals surface area contributed by atoms with E-state index < -0.39 is 0 Å². The summed E-state index contributed by atoms with van der Waals surface area (Å²) in [7, 11) is 0. The third kappa shape index (κ3) is 5.00. The Balaban J connectivity index is 1.55. The van der Waals surface area contributed by atoms with Gasteiger partial charge < -0.3 is 9.15 Å². The summed E-state index contributed by atoms with van der Waals surface area (Å²) in [4.78, 5) is 12.2. The quantitative estimate of drug-likeness (QED) is 0.399. The van der Waals surface area contributed by atoms with Crippen LogP contribution in [-0.2, 0) is 9.53 Å². The van der Waals surface area contributed by atoms with E-state index in [1.54, 1.807) is 29.8 Å². The van der Waals surface area contributed by atoms with E-state index in [1.807, 2.05) is 23.9 Å². The van der Waals surface area contributed by atoms with Gasteiger partial charge >= 0.3 is 5.97 Å². The van der Waals surface area contributed by atoms with Crippen molar-refractivity contribution in [2.75, 3.05) is 18.1 Å². The monoisotopic (exact) mass is 328 g/mol. The lowest BCUT2D eigenvalue weighted by Crippen LogP contribution is -2.03. The maximum absolute atomic E-state index is 10.8. The molecule has 1 aromatic rings. The highest BCUT2D eigenvalue weighted by Crippen LogP contribution is 2.51. The van der Waals surface area contributed by atoms with Crippen LogP contribution in [0.3, 0.4) is 0 Å². The highest BCUT2D eigenvalue weighted by atomic mass is 32.2. The van der Waals surface area contributed by atoms with Crippen molar-refractivity contribution in [2.45, 2.75) is 11.0 Å². The maximum Gasteiger partial charge on any atom is 0.330 e. The average Bonchev–Trinajstić information content (AvgIpc) is 3.12. The fraction of sp³-hybridized carbons (Fsp3) is 0.357. The second-order valence-electron chi connectivity index (χ2n) is 3.92. The minimum atomic E-state index is -0.350. The molecule has 20 heavy (non-hydrogen) atoms. The number of hydrogen-bond donors (Lipinski definition) is 0. The van der Waals surface area contributed by atoms with Crippen LogP contribution >= 0.6 is 35.3 Å². The molecular formula is C14H16O3S3. The van der Waals surface area contributed by atoms with Crippen molar-refractivity contribution < 1.29 is 13.9 Å². The number of esters is 1. The van der Waals surface area contributed by atoms with E-state index in [1.165, 1.54) is 11.0 Å². The molecule has 0 spiro atoms. The number of carbonyl (C=O) groups excluding carboxylic acids is 1. The van der Waals surface area contributed by atoms with Gasteiger partial charge in [-0.15, -0.1) is 23.5 Å². The van der Waals surface area contributed by atoms with Gasteiger partial charge in [0.05, 0.1) is 6.26 Å². The molecule has 0 N–H and O–H groups in total. The van der Waals surface area contributed by atoms with Crippen LogP contribution < -0.4 is 0 Å². The fourth-order valence-corrected chi connectivity index (χ4v) is 4.99. The average molecular weight is 328 g/mol. The molecule has 1 atom stereocenters. The largest absolute Gasteiger partial charge is 0.467 e. The van der Waals surface area contributed by atoms with Gasteiger partial charge in [0.25, 0.3) is 0 Å². The SMILES string of the molecule is C=CC(=O)OCCSCCC1=CSC(c2ccco2)S1. The van der Waals surface area contributed by atoms with Crippen LogP contribution in [0.1, 0.15) is 16.8 Å². The smallest absolute Gasteiger partial charge is 0.330 e. The Morgan fingerprint density at radius 3 is 3.20 bits per heavy atom. The van der Waals surface area contributed by atoms with Gasteiger partial charge in [-0.3, -0.25) is 0 Å². The molecule has 0 bridgehead atoms. The topological polar surface area (TPSA) is 39.4 Å². The molecule has 0 radical (unpaired) electrons. The summed E-state index contributed by atoms with van der Waals surface area (Å²) in [5.41, 5.74) is 0. The molecule has 1 aliphatic rings. The van der Waals surface area contributed by atoms with Crippen LogP contribution in [-0.4, -0.2) is 24.1 Å². The minimum Gasteiger partial charge on any atom is -0.467 e. The summed E-state index contributed by atoms with van der Waals surface area (Å²) < 4.78 is 10.7. The lowest BCUT2D eigenvalue weighted by atomic mass is 10.5. The molecule has 0 amide bonds. The molecule has 1 unspecified atom stereocenters. The molecule has 0 aliphatic carbocycles. The standard InChI is InChI=1S/C14H16O3S3/c1-2-13(15)17-7-9-18-8-5-11-10-19-14(20-11)12-4-3-6-16-12/h2-4,6,10,14H,1,5,7-9H2. The molecule has 0 fully saturated rings. The molecule has 2 rings (SSSR count). The van der Waals surface area contributed by atoms with Gasteiger partial charge in [0, 0.05) is 11.8 Å². The van der Waals surface area contributed by atoms with Crippen LogP contribution in [0.2, 0.25) is 0 Å². The number of furan rings is 1. The van der Waals surface area contributed by atoms with Gasteiger partial charge in [0.1, 0.15) is 16.9 Å². The Morgan fingerprint density at radius 1 is 1.55 bits per heavy atom. The van der Waals surface area contributed by atoms with Gasteiger partial charge in [0.2, 0.25) is 0 Å². The summed E-state index contributed by atoms with van der Waals surface area (Å²) in [6, 6.07) is 3.94. The number of thioether (sulfide) groups is 3. The van der Waals surface area contributed by atoms with Crippen LogP contribution in [0, 0.1) is 0 Å². The van der Waals surface area contributed by atoms with Crippen molar-refractivity contribution in [1.82, 2.24) is 0 Å². The third-order valence-corrected chi connectivity index (χ3v) is 6.18. The summed E-state index contributed by atoms with van der Waals surface area (Å²) in [6.07, 6.45) is 3.96. The van der Waals surface area contributed by atoms with E-state index in [0.29, 0.717) is 11.2 Å². The normalized spacial score (nSPS) is 17.8. The lowest BCUT2D eigenvalue weighted by Gasteiger charge is -2.06. The van der Waals surface area contributed by atoms with Crippen molar-refractivity contribution in [3.05, 3.63) is 47.1 Å². The van der Waals surface area contributed by atoms with E-state index in [9.17, 15) is 4.79 Å². The van der Waals surface area contributed by atoms with Crippen LogP contribution in [0.25, 0.3) is 0 Å². The molecular weight excluding hydrogens is 312 g/mol. The molecule has 0 aromatic carbocycles. The van der Waals surface area contributed by atoms with Crippen molar-refractivity contribution >= 4 is 41.3 Å².